The summed E-state index contributed by atoms with van der Waals surface area (Å²) in [7, 11) is 1.51. The van der Waals surface area contributed by atoms with Crippen molar-refractivity contribution in [3.63, 3.8) is 0 Å². The number of benzene rings is 2. The molecule has 7 heteroatoms. The molecule has 7 nitrogen and oxygen atoms in total. The highest BCUT2D eigenvalue weighted by molar-refractivity contribution is 5.98. The second kappa shape index (κ2) is 8.33. The normalized spacial score (nSPS) is 10.4. The summed E-state index contributed by atoms with van der Waals surface area (Å²) in [6.45, 7) is -0.252. The molecule has 0 fully saturated rings. The summed E-state index contributed by atoms with van der Waals surface area (Å²) in [4.78, 5) is 22.8. The number of rotatable bonds is 7. The maximum Gasteiger partial charge on any atom is 0.336 e. The molecule has 0 radical (unpaired) electrons. The Hall–Kier alpha value is -3.35. The van der Waals surface area contributed by atoms with Crippen LogP contribution in [0, 0.1) is 0 Å². The molecule has 0 saturated heterocycles. The van der Waals surface area contributed by atoms with E-state index in [1.807, 2.05) is 0 Å². The highest BCUT2D eigenvalue weighted by Crippen LogP contribution is 2.25. The maximum absolute atomic E-state index is 11.7. The molecule has 0 saturated carbocycles. The Kier molecular flexibility index (Phi) is 5.90. The predicted molar refractivity (Wildman–Crippen MR) is 87.6 cm³/mol. The quantitative estimate of drug-likeness (QED) is 0.598. The average Bonchev–Trinajstić information content (AvgIpc) is 2.60. The second-order valence-electron chi connectivity index (χ2n) is 4.63. The van der Waals surface area contributed by atoms with Gasteiger partial charge >= 0.3 is 5.97 Å². The van der Waals surface area contributed by atoms with Gasteiger partial charge in [-0.15, -0.1) is 0 Å². The number of para-hydroxylation sites is 2. The van der Waals surface area contributed by atoms with Crippen molar-refractivity contribution < 1.29 is 24.2 Å². The first-order valence-electron chi connectivity index (χ1n) is 7.02. The third-order valence-corrected chi connectivity index (χ3v) is 3.01. The number of carbonyl (C=O) groups excluding carboxylic acids is 1. The summed E-state index contributed by atoms with van der Waals surface area (Å²) in [5.74, 6) is -0.590. The minimum Gasteiger partial charge on any atom is -0.493 e. The molecule has 0 atom stereocenters. The zero-order valence-corrected chi connectivity index (χ0v) is 12.9. The van der Waals surface area contributed by atoms with Crippen LogP contribution in [0.25, 0.3) is 0 Å². The number of carboxylic acid groups (broad SMARTS) is 1. The molecule has 0 aliphatic rings. The van der Waals surface area contributed by atoms with Crippen LogP contribution in [-0.4, -0.2) is 36.9 Å². The summed E-state index contributed by atoms with van der Waals surface area (Å²) in [6.07, 6.45) is 1.27. The Labute approximate surface area is 138 Å². The second-order valence-corrected chi connectivity index (χ2v) is 4.63. The van der Waals surface area contributed by atoms with Gasteiger partial charge in [-0.25, -0.2) is 10.2 Å². The highest BCUT2D eigenvalue weighted by Gasteiger charge is 2.08. The van der Waals surface area contributed by atoms with Gasteiger partial charge in [-0.05, 0) is 18.2 Å². The average molecular weight is 328 g/mol. The van der Waals surface area contributed by atoms with Crippen molar-refractivity contribution in [1.29, 1.82) is 0 Å². The third-order valence-electron chi connectivity index (χ3n) is 3.01. The number of amides is 1. The first-order valence-corrected chi connectivity index (χ1v) is 7.02. The van der Waals surface area contributed by atoms with E-state index >= 15 is 0 Å². The van der Waals surface area contributed by atoms with Crippen molar-refractivity contribution in [3.05, 3.63) is 59.7 Å². The van der Waals surface area contributed by atoms with Gasteiger partial charge in [-0.3, -0.25) is 4.79 Å². The molecule has 0 bridgehead atoms. The lowest BCUT2D eigenvalue weighted by molar-refractivity contribution is -0.123. The lowest BCUT2D eigenvalue weighted by Gasteiger charge is -2.09. The van der Waals surface area contributed by atoms with Gasteiger partial charge in [0, 0.05) is 5.56 Å². The number of nitrogens with one attached hydrogen (secondary N) is 1. The first-order chi connectivity index (χ1) is 11.6. The van der Waals surface area contributed by atoms with E-state index in [9.17, 15) is 9.59 Å². The Bertz CT molecular complexity index is 758. The zero-order chi connectivity index (χ0) is 17.4. The maximum atomic E-state index is 11.7. The number of hydrogen-bond acceptors (Lipinski definition) is 5. The van der Waals surface area contributed by atoms with Crippen LogP contribution in [-0.2, 0) is 4.79 Å². The predicted octanol–water partition coefficient (Wildman–Crippen LogP) is 1.92. The molecule has 2 rings (SSSR count). The van der Waals surface area contributed by atoms with Crippen molar-refractivity contribution in [2.75, 3.05) is 13.7 Å². The van der Waals surface area contributed by atoms with Gasteiger partial charge in [0.2, 0.25) is 0 Å². The molecule has 124 valence electrons. The standard InChI is InChI=1S/C17H16N2O5/c1-23-14-8-4-5-9-15(14)24-11-16(20)19-18-10-12-6-2-3-7-13(12)17(21)22/h2-10H,11H2,1H3,(H,19,20)(H,21,22)/b18-10-. The number of carbonyl (C=O) groups is 2. The Morgan fingerprint density at radius 1 is 1.12 bits per heavy atom. The van der Waals surface area contributed by atoms with E-state index in [-0.39, 0.29) is 12.2 Å². The molecule has 0 aliphatic heterocycles. The number of ether oxygens (including phenoxy) is 2. The Morgan fingerprint density at radius 2 is 1.79 bits per heavy atom. The van der Waals surface area contributed by atoms with Crippen LogP contribution in [0.5, 0.6) is 11.5 Å². The molecule has 0 aromatic heterocycles. The fourth-order valence-corrected chi connectivity index (χ4v) is 1.89. The van der Waals surface area contributed by atoms with E-state index in [2.05, 4.69) is 10.5 Å². The fourth-order valence-electron chi connectivity index (χ4n) is 1.89. The van der Waals surface area contributed by atoms with Crippen molar-refractivity contribution >= 4 is 18.1 Å². The summed E-state index contributed by atoms with van der Waals surface area (Å²) < 4.78 is 10.5. The molecule has 1 amide bonds. The lowest BCUT2D eigenvalue weighted by Crippen LogP contribution is -2.24. The fraction of sp³-hybridized carbons (Fsp3) is 0.118. The summed E-state index contributed by atoms with van der Waals surface area (Å²) in [5.41, 5.74) is 2.76. The van der Waals surface area contributed by atoms with E-state index in [1.54, 1.807) is 42.5 Å². The van der Waals surface area contributed by atoms with Crippen LogP contribution in [0.1, 0.15) is 15.9 Å². The highest BCUT2D eigenvalue weighted by atomic mass is 16.5. The monoisotopic (exact) mass is 328 g/mol. The van der Waals surface area contributed by atoms with Crippen LogP contribution >= 0.6 is 0 Å². The molecule has 2 N–H and O–H groups in total. The number of hydrazone groups is 1. The molecular weight excluding hydrogens is 312 g/mol. The van der Waals surface area contributed by atoms with Crippen LogP contribution in [0.4, 0.5) is 0 Å². The van der Waals surface area contributed by atoms with Crippen LogP contribution in [0.2, 0.25) is 0 Å². The first kappa shape index (κ1) is 17.0. The van der Waals surface area contributed by atoms with Crippen molar-refractivity contribution in [2.45, 2.75) is 0 Å². The van der Waals surface area contributed by atoms with Gasteiger partial charge in [-0.2, -0.15) is 5.10 Å². The van der Waals surface area contributed by atoms with Crippen LogP contribution in [0.3, 0.4) is 0 Å². The minimum atomic E-state index is -1.07. The molecule has 0 spiro atoms. The molecule has 24 heavy (non-hydrogen) atoms. The largest absolute Gasteiger partial charge is 0.493 e. The van der Waals surface area contributed by atoms with Crippen LogP contribution < -0.4 is 14.9 Å². The van der Waals surface area contributed by atoms with E-state index in [0.29, 0.717) is 17.1 Å². The van der Waals surface area contributed by atoms with E-state index in [1.165, 1.54) is 19.4 Å². The van der Waals surface area contributed by atoms with Crippen molar-refractivity contribution in [2.24, 2.45) is 5.10 Å². The SMILES string of the molecule is COc1ccccc1OCC(=O)N/N=C\c1ccccc1C(=O)O. The molecule has 0 unspecified atom stereocenters. The van der Waals surface area contributed by atoms with Crippen LogP contribution in [0.15, 0.2) is 53.6 Å². The molecule has 0 heterocycles. The summed E-state index contributed by atoms with van der Waals surface area (Å²) in [6, 6.07) is 13.3. The Morgan fingerprint density at radius 3 is 2.50 bits per heavy atom. The van der Waals surface area contributed by atoms with Crippen molar-refractivity contribution in [1.82, 2.24) is 5.43 Å². The van der Waals surface area contributed by atoms with E-state index < -0.39 is 11.9 Å². The van der Waals surface area contributed by atoms with Gasteiger partial charge in [0.15, 0.2) is 18.1 Å². The van der Waals surface area contributed by atoms with Gasteiger partial charge in [-0.1, -0.05) is 30.3 Å². The molecule has 2 aromatic rings. The minimum absolute atomic E-state index is 0.0979. The third kappa shape index (κ3) is 4.57. The number of nitrogens with zero attached hydrogens (tertiary/aromatic N) is 1. The van der Waals surface area contributed by atoms with Gasteiger partial charge in [0.05, 0.1) is 18.9 Å². The smallest absolute Gasteiger partial charge is 0.336 e. The molecular formula is C17H16N2O5. The number of aromatic carboxylic acids is 1. The summed E-state index contributed by atoms with van der Waals surface area (Å²) in [5, 5.41) is 12.8. The molecule has 0 aliphatic carbocycles. The number of carboxylic acids is 1. The topological polar surface area (TPSA) is 97.2 Å². The van der Waals surface area contributed by atoms with Gasteiger partial charge < -0.3 is 14.6 Å². The summed E-state index contributed by atoms with van der Waals surface area (Å²) >= 11 is 0. The Balaban J connectivity index is 1.91. The zero-order valence-electron chi connectivity index (χ0n) is 12.9. The lowest BCUT2D eigenvalue weighted by atomic mass is 10.1. The van der Waals surface area contributed by atoms with E-state index in [4.69, 9.17) is 14.6 Å². The van der Waals surface area contributed by atoms with E-state index in [0.717, 1.165) is 0 Å². The number of methoxy groups -OCH3 is 1. The van der Waals surface area contributed by atoms with Gasteiger partial charge in [0.1, 0.15) is 0 Å². The molecule has 2 aromatic carbocycles. The van der Waals surface area contributed by atoms with Crippen molar-refractivity contribution in [3.8, 4) is 11.5 Å². The number of hydrogen-bond donors (Lipinski definition) is 2. The van der Waals surface area contributed by atoms with Gasteiger partial charge in [0.25, 0.3) is 5.91 Å².